The van der Waals surface area contributed by atoms with Gasteiger partial charge in [-0.05, 0) is 31.0 Å². The van der Waals surface area contributed by atoms with E-state index in [0.717, 1.165) is 43.3 Å². The Labute approximate surface area is 171 Å². The molecule has 2 amide bonds. The largest absolute Gasteiger partial charge is 0.495 e. The van der Waals surface area contributed by atoms with Crippen molar-refractivity contribution in [3.05, 3.63) is 35.7 Å². The molecule has 0 saturated carbocycles. The van der Waals surface area contributed by atoms with Gasteiger partial charge in [-0.3, -0.25) is 4.99 Å². The van der Waals surface area contributed by atoms with E-state index < -0.39 is 0 Å². The summed E-state index contributed by atoms with van der Waals surface area (Å²) in [6, 6.07) is 6.00. The first-order valence-corrected chi connectivity index (χ1v) is 10.1. The number of carbonyl (C=O) groups excluding carboxylic acids is 1. The highest BCUT2D eigenvalue weighted by molar-refractivity contribution is 6.03. The number of urea groups is 1. The Balaban J connectivity index is 1.36. The summed E-state index contributed by atoms with van der Waals surface area (Å²) >= 11 is 0. The van der Waals surface area contributed by atoms with Gasteiger partial charge in [0.1, 0.15) is 17.4 Å². The molecule has 3 heterocycles. The third-order valence-corrected chi connectivity index (χ3v) is 5.56. The van der Waals surface area contributed by atoms with Crippen molar-refractivity contribution in [2.24, 2.45) is 9.98 Å². The molecule has 0 unspecified atom stereocenters. The van der Waals surface area contributed by atoms with Crippen LogP contribution >= 0.6 is 0 Å². The molecule has 1 N–H and O–H groups in total. The molecule has 1 fully saturated rings. The quantitative estimate of drug-likeness (QED) is 0.849. The van der Waals surface area contributed by atoms with Crippen LogP contribution in [0.5, 0.6) is 5.75 Å². The van der Waals surface area contributed by atoms with Crippen molar-refractivity contribution in [2.45, 2.75) is 26.3 Å². The minimum absolute atomic E-state index is 0.105. The van der Waals surface area contributed by atoms with Crippen molar-refractivity contribution < 1.29 is 9.53 Å². The van der Waals surface area contributed by atoms with E-state index in [1.54, 1.807) is 7.11 Å². The average Bonchev–Trinajstić information content (AvgIpc) is 3.16. The molecule has 0 spiro atoms. The molecule has 0 radical (unpaired) electrons. The molecule has 0 aliphatic carbocycles. The molecule has 3 aliphatic heterocycles. The number of hydrogen-bond donors (Lipinski definition) is 1. The SMILES string of the molecule is CC[C@H]1CN2C=NC(N3CCN(C(=O)Nc4cc(C)ccc4OC)CC3)=CC2=N1. The van der Waals surface area contributed by atoms with E-state index in [1.807, 2.05) is 36.4 Å². The van der Waals surface area contributed by atoms with Gasteiger partial charge in [-0.2, -0.15) is 0 Å². The van der Waals surface area contributed by atoms with Crippen LogP contribution in [-0.4, -0.2) is 78.8 Å². The zero-order chi connectivity index (χ0) is 20.4. The Bertz CT molecular complexity index is 870. The van der Waals surface area contributed by atoms with E-state index in [4.69, 9.17) is 9.73 Å². The second-order valence-electron chi connectivity index (χ2n) is 7.56. The van der Waals surface area contributed by atoms with Crippen molar-refractivity contribution in [2.75, 3.05) is 45.2 Å². The fraction of sp³-hybridized carbons (Fsp3) is 0.476. The Morgan fingerprint density at radius 3 is 2.79 bits per heavy atom. The first-order chi connectivity index (χ1) is 14.1. The predicted molar refractivity (Wildman–Crippen MR) is 115 cm³/mol. The lowest BCUT2D eigenvalue weighted by atomic mass is 10.2. The number of carbonyl (C=O) groups is 1. The zero-order valence-electron chi connectivity index (χ0n) is 17.3. The number of benzene rings is 1. The number of methoxy groups -OCH3 is 1. The number of amides is 2. The molecule has 0 aromatic heterocycles. The minimum atomic E-state index is -0.105. The second kappa shape index (κ2) is 8.14. The van der Waals surface area contributed by atoms with Crippen LogP contribution in [0.2, 0.25) is 0 Å². The van der Waals surface area contributed by atoms with Gasteiger partial charge < -0.3 is 24.8 Å². The number of hydrogen-bond acceptors (Lipinski definition) is 6. The zero-order valence-corrected chi connectivity index (χ0v) is 17.3. The van der Waals surface area contributed by atoms with Crippen LogP contribution in [0.3, 0.4) is 0 Å². The molecule has 1 atom stereocenters. The molecule has 1 aromatic carbocycles. The smallest absolute Gasteiger partial charge is 0.322 e. The van der Waals surface area contributed by atoms with Crippen LogP contribution in [0.15, 0.2) is 40.1 Å². The summed E-state index contributed by atoms with van der Waals surface area (Å²) in [7, 11) is 1.61. The molecule has 3 aliphatic rings. The topological polar surface area (TPSA) is 72.8 Å². The summed E-state index contributed by atoms with van der Waals surface area (Å²) in [6.07, 6.45) is 4.98. The fourth-order valence-electron chi connectivity index (χ4n) is 3.78. The van der Waals surface area contributed by atoms with Crippen molar-refractivity contribution in [3.63, 3.8) is 0 Å². The monoisotopic (exact) mass is 396 g/mol. The van der Waals surface area contributed by atoms with Crippen LogP contribution in [-0.2, 0) is 0 Å². The van der Waals surface area contributed by atoms with E-state index in [1.165, 1.54) is 0 Å². The second-order valence-corrected chi connectivity index (χ2v) is 7.56. The number of nitrogens with zero attached hydrogens (tertiary/aromatic N) is 5. The normalized spacial score (nSPS) is 20.9. The molecule has 8 nitrogen and oxygen atoms in total. The highest BCUT2D eigenvalue weighted by Gasteiger charge is 2.28. The highest BCUT2D eigenvalue weighted by atomic mass is 16.5. The number of ether oxygens (including phenoxy) is 1. The predicted octanol–water partition coefficient (Wildman–Crippen LogP) is 2.53. The molecule has 4 rings (SSSR count). The molecule has 0 bridgehead atoms. The molecule has 29 heavy (non-hydrogen) atoms. The Kier molecular flexibility index (Phi) is 5.42. The van der Waals surface area contributed by atoms with Gasteiger partial charge in [-0.15, -0.1) is 0 Å². The number of rotatable bonds is 4. The van der Waals surface area contributed by atoms with Gasteiger partial charge in [0.05, 0.1) is 25.2 Å². The lowest BCUT2D eigenvalue weighted by Crippen LogP contribution is -2.50. The Hall–Kier alpha value is -3.03. The van der Waals surface area contributed by atoms with Crippen molar-refractivity contribution in [3.8, 4) is 5.75 Å². The van der Waals surface area contributed by atoms with Crippen molar-refractivity contribution in [1.82, 2.24) is 14.7 Å². The van der Waals surface area contributed by atoms with Gasteiger partial charge in [0, 0.05) is 38.8 Å². The van der Waals surface area contributed by atoms with E-state index in [9.17, 15) is 4.79 Å². The van der Waals surface area contributed by atoms with Gasteiger partial charge in [0.2, 0.25) is 0 Å². The van der Waals surface area contributed by atoms with E-state index in [0.29, 0.717) is 30.6 Å². The van der Waals surface area contributed by atoms with Gasteiger partial charge >= 0.3 is 6.03 Å². The number of piperazine rings is 1. The summed E-state index contributed by atoms with van der Waals surface area (Å²) in [5.41, 5.74) is 1.77. The van der Waals surface area contributed by atoms with E-state index >= 15 is 0 Å². The maximum atomic E-state index is 12.7. The number of nitrogens with one attached hydrogen (secondary N) is 1. The lowest BCUT2D eigenvalue weighted by molar-refractivity contribution is 0.166. The third-order valence-electron chi connectivity index (χ3n) is 5.56. The lowest BCUT2D eigenvalue weighted by Gasteiger charge is -2.36. The first-order valence-electron chi connectivity index (χ1n) is 10.1. The van der Waals surface area contributed by atoms with Crippen molar-refractivity contribution >= 4 is 23.9 Å². The number of anilines is 1. The Morgan fingerprint density at radius 2 is 2.07 bits per heavy atom. The van der Waals surface area contributed by atoms with E-state index in [2.05, 4.69) is 33.1 Å². The summed E-state index contributed by atoms with van der Waals surface area (Å²) in [6.45, 7) is 7.82. The summed E-state index contributed by atoms with van der Waals surface area (Å²) in [4.78, 5) is 28.2. The number of amidine groups is 1. The average molecular weight is 396 g/mol. The van der Waals surface area contributed by atoms with Gasteiger partial charge in [-0.1, -0.05) is 13.0 Å². The molecular weight excluding hydrogens is 368 g/mol. The molecule has 1 saturated heterocycles. The van der Waals surface area contributed by atoms with Crippen LogP contribution in [0.25, 0.3) is 0 Å². The van der Waals surface area contributed by atoms with Crippen molar-refractivity contribution in [1.29, 1.82) is 0 Å². The molecule has 8 heteroatoms. The maximum Gasteiger partial charge on any atom is 0.322 e. The highest BCUT2D eigenvalue weighted by Crippen LogP contribution is 2.26. The molecule has 154 valence electrons. The summed E-state index contributed by atoms with van der Waals surface area (Å²) < 4.78 is 5.35. The van der Waals surface area contributed by atoms with Crippen LogP contribution < -0.4 is 10.1 Å². The van der Waals surface area contributed by atoms with Crippen LogP contribution in [0, 0.1) is 6.92 Å². The summed E-state index contributed by atoms with van der Waals surface area (Å²) in [5, 5.41) is 2.98. The number of aliphatic imine (C=N–C) groups is 2. The van der Waals surface area contributed by atoms with Crippen LogP contribution in [0.4, 0.5) is 10.5 Å². The first kappa shape index (κ1) is 19.3. The Morgan fingerprint density at radius 1 is 1.28 bits per heavy atom. The molecular formula is C21H28N6O2. The number of aryl methyl sites for hydroxylation is 1. The fourth-order valence-corrected chi connectivity index (χ4v) is 3.78. The minimum Gasteiger partial charge on any atom is -0.495 e. The van der Waals surface area contributed by atoms with Gasteiger partial charge in [0.15, 0.2) is 0 Å². The van der Waals surface area contributed by atoms with Gasteiger partial charge in [-0.25, -0.2) is 9.79 Å². The standard InChI is InChI=1S/C21H28N6O2/c1-4-16-13-27-14-22-19(12-20(27)23-16)25-7-9-26(10-8-25)21(28)24-17-11-15(2)5-6-18(17)29-3/h5-6,11-12,14,16H,4,7-10,13H2,1-3H3,(H,24,28)/t16-/m0/s1. The number of fused-ring (bicyclic) bond motifs is 1. The van der Waals surface area contributed by atoms with E-state index in [-0.39, 0.29) is 6.03 Å². The third kappa shape index (κ3) is 4.06. The van der Waals surface area contributed by atoms with Gasteiger partial charge in [0.25, 0.3) is 0 Å². The maximum absolute atomic E-state index is 12.7. The molecule has 1 aromatic rings. The summed E-state index contributed by atoms with van der Waals surface area (Å²) in [5.74, 6) is 2.59. The van der Waals surface area contributed by atoms with Crippen LogP contribution in [0.1, 0.15) is 18.9 Å².